The van der Waals surface area contributed by atoms with Crippen molar-refractivity contribution in [2.24, 2.45) is 0 Å². The van der Waals surface area contributed by atoms with Crippen LogP contribution in [-0.4, -0.2) is 18.5 Å². The molecule has 0 aliphatic rings. The second-order valence-corrected chi connectivity index (χ2v) is 4.93. The van der Waals surface area contributed by atoms with E-state index in [0.717, 1.165) is 0 Å². The van der Waals surface area contributed by atoms with E-state index in [0.29, 0.717) is 29.0 Å². The summed E-state index contributed by atoms with van der Waals surface area (Å²) in [7, 11) is 0. The zero-order valence-corrected chi connectivity index (χ0v) is 13.1. The smallest absolute Gasteiger partial charge is 0.338 e. The average Bonchev–Trinajstić information content (AvgIpc) is 2.47. The quantitative estimate of drug-likeness (QED) is 0.877. The summed E-state index contributed by atoms with van der Waals surface area (Å²) in [5.74, 6) is -0.537. The van der Waals surface area contributed by atoms with Crippen LogP contribution in [0.25, 0.3) is 0 Å². The third-order valence-corrected chi connectivity index (χ3v) is 3.22. The number of ether oxygens (including phenoxy) is 1. The monoisotopic (exact) mass is 315 g/mol. The third kappa shape index (κ3) is 3.85. The molecule has 1 heterocycles. The molecule has 0 atom stereocenters. The highest BCUT2D eigenvalue weighted by Crippen LogP contribution is 2.15. The minimum Gasteiger partial charge on any atom is -0.462 e. The van der Waals surface area contributed by atoms with Gasteiger partial charge in [-0.1, -0.05) is 0 Å². The molecule has 23 heavy (non-hydrogen) atoms. The lowest BCUT2D eigenvalue weighted by Crippen LogP contribution is -2.17. The predicted octanol–water partition coefficient (Wildman–Crippen LogP) is 2.69. The van der Waals surface area contributed by atoms with Gasteiger partial charge in [-0.25, -0.2) is 9.59 Å². The van der Waals surface area contributed by atoms with Gasteiger partial charge in [-0.05, 0) is 50.6 Å². The van der Waals surface area contributed by atoms with Gasteiger partial charge in [0.25, 0.3) is 5.91 Å². The van der Waals surface area contributed by atoms with Crippen LogP contribution in [0.5, 0.6) is 0 Å². The lowest BCUT2D eigenvalue weighted by Gasteiger charge is -2.09. The van der Waals surface area contributed by atoms with Crippen LogP contribution in [0, 0.1) is 13.8 Å². The molecule has 1 N–H and O–H groups in total. The van der Waals surface area contributed by atoms with Crippen LogP contribution < -0.4 is 10.9 Å². The summed E-state index contributed by atoms with van der Waals surface area (Å²) in [6.07, 6.45) is 0. The summed E-state index contributed by atoms with van der Waals surface area (Å²) >= 11 is 0. The van der Waals surface area contributed by atoms with E-state index in [2.05, 4.69) is 5.32 Å². The molecule has 0 unspecified atom stereocenters. The highest BCUT2D eigenvalue weighted by molar-refractivity contribution is 6.06. The number of nitrogens with one attached hydrogen (secondary N) is 1. The van der Waals surface area contributed by atoms with Crippen molar-refractivity contribution in [1.29, 1.82) is 0 Å². The summed E-state index contributed by atoms with van der Waals surface area (Å²) in [6.45, 7) is 5.26. The topological polar surface area (TPSA) is 85.6 Å². The molecule has 1 aromatic carbocycles. The zero-order chi connectivity index (χ0) is 17.0. The molecule has 0 saturated heterocycles. The van der Waals surface area contributed by atoms with E-state index >= 15 is 0 Å². The normalized spacial score (nSPS) is 10.2. The van der Waals surface area contributed by atoms with Gasteiger partial charge in [-0.15, -0.1) is 0 Å². The predicted molar refractivity (Wildman–Crippen MR) is 84.8 cm³/mol. The molecule has 0 radical (unpaired) electrons. The molecule has 6 heteroatoms. The van der Waals surface area contributed by atoms with Gasteiger partial charge in [-0.2, -0.15) is 0 Å². The Morgan fingerprint density at radius 2 is 1.83 bits per heavy atom. The first-order valence-electron chi connectivity index (χ1n) is 7.12. The number of esters is 1. The fourth-order valence-corrected chi connectivity index (χ4v) is 2.19. The lowest BCUT2D eigenvalue weighted by atomic mass is 10.1. The molecule has 2 rings (SSSR count). The highest BCUT2D eigenvalue weighted by Gasteiger charge is 2.15. The van der Waals surface area contributed by atoms with Crippen LogP contribution in [0.2, 0.25) is 0 Å². The van der Waals surface area contributed by atoms with E-state index in [1.54, 1.807) is 45.0 Å². The minimum atomic E-state index is -0.490. The largest absolute Gasteiger partial charge is 0.462 e. The molecular weight excluding hydrogens is 298 g/mol. The van der Waals surface area contributed by atoms with Crippen molar-refractivity contribution in [3.8, 4) is 0 Å². The van der Waals surface area contributed by atoms with Crippen molar-refractivity contribution in [1.82, 2.24) is 0 Å². The lowest BCUT2D eigenvalue weighted by molar-refractivity contribution is 0.0526. The molecule has 2 aromatic rings. The van der Waals surface area contributed by atoms with Gasteiger partial charge in [0.15, 0.2) is 0 Å². The summed E-state index contributed by atoms with van der Waals surface area (Å²) in [4.78, 5) is 35.1. The molecule has 0 saturated carbocycles. The number of hydrogen-bond donors (Lipinski definition) is 1. The maximum atomic E-state index is 12.3. The fraction of sp³-hybridized carbons (Fsp3) is 0.235. The van der Waals surface area contributed by atoms with E-state index in [-0.39, 0.29) is 11.7 Å². The van der Waals surface area contributed by atoms with Crippen LogP contribution in [0.15, 0.2) is 39.5 Å². The van der Waals surface area contributed by atoms with Crippen molar-refractivity contribution in [2.45, 2.75) is 20.8 Å². The molecular formula is C17H17NO5. The molecule has 0 spiro atoms. The molecule has 6 nitrogen and oxygen atoms in total. The number of anilines is 1. The Kier molecular flexibility index (Phi) is 4.95. The van der Waals surface area contributed by atoms with E-state index in [1.807, 2.05) is 0 Å². The SMILES string of the molecule is CCOC(=O)c1ccc(NC(=O)c2c(C)cc(=O)oc2C)cc1. The molecule has 0 bridgehead atoms. The Labute approximate surface area is 133 Å². The van der Waals surface area contributed by atoms with Crippen LogP contribution in [-0.2, 0) is 4.74 Å². The molecule has 1 amide bonds. The van der Waals surface area contributed by atoms with Gasteiger partial charge in [0.1, 0.15) is 5.76 Å². The molecule has 1 aromatic heterocycles. The van der Waals surface area contributed by atoms with E-state index in [9.17, 15) is 14.4 Å². The number of rotatable bonds is 4. The second-order valence-electron chi connectivity index (χ2n) is 4.93. The molecule has 0 fully saturated rings. The first-order valence-corrected chi connectivity index (χ1v) is 7.12. The summed E-state index contributed by atoms with van der Waals surface area (Å²) in [5, 5.41) is 2.70. The Morgan fingerprint density at radius 3 is 2.39 bits per heavy atom. The van der Waals surface area contributed by atoms with Gasteiger partial charge in [-0.3, -0.25) is 4.79 Å². The van der Waals surface area contributed by atoms with Gasteiger partial charge in [0, 0.05) is 11.8 Å². The average molecular weight is 315 g/mol. The zero-order valence-electron chi connectivity index (χ0n) is 13.1. The van der Waals surface area contributed by atoms with Crippen LogP contribution in [0.3, 0.4) is 0 Å². The Morgan fingerprint density at radius 1 is 1.17 bits per heavy atom. The number of aryl methyl sites for hydroxylation is 2. The van der Waals surface area contributed by atoms with Crippen molar-refractivity contribution in [3.05, 3.63) is 63.2 Å². The Balaban J connectivity index is 2.18. The number of carbonyl (C=O) groups excluding carboxylic acids is 2. The second kappa shape index (κ2) is 6.91. The summed E-state index contributed by atoms with van der Waals surface area (Å²) < 4.78 is 9.84. The molecule has 0 aliphatic carbocycles. The number of benzene rings is 1. The van der Waals surface area contributed by atoms with E-state index in [4.69, 9.17) is 9.15 Å². The third-order valence-electron chi connectivity index (χ3n) is 3.22. The summed E-state index contributed by atoms with van der Waals surface area (Å²) in [6, 6.07) is 7.62. The van der Waals surface area contributed by atoms with Gasteiger partial charge >= 0.3 is 11.6 Å². The van der Waals surface area contributed by atoms with Gasteiger partial charge < -0.3 is 14.5 Å². The number of carbonyl (C=O) groups is 2. The molecule has 120 valence electrons. The first kappa shape index (κ1) is 16.5. The van der Waals surface area contributed by atoms with Crippen molar-refractivity contribution in [2.75, 3.05) is 11.9 Å². The Bertz CT molecular complexity index is 763. The van der Waals surface area contributed by atoms with Crippen molar-refractivity contribution in [3.63, 3.8) is 0 Å². The number of hydrogen-bond acceptors (Lipinski definition) is 5. The first-order chi connectivity index (χ1) is 10.9. The fourth-order valence-electron chi connectivity index (χ4n) is 2.19. The Hall–Kier alpha value is -2.89. The maximum absolute atomic E-state index is 12.3. The maximum Gasteiger partial charge on any atom is 0.338 e. The van der Waals surface area contributed by atoms with Crippen molar-refractivity contribution < 1.29 is 18.7 Å². The summed E-state index contributed by atoms with van der Waals surface area (Å²) in [5.41, 5.74) is 1.30. The van der Waals surface area contributed by atoms with Crippen molar-refractivity contribution >= 4 is 17.6 Å². The number of amides is 1. The standard InChI is InChI=1S/C17H17NO5/c1-4-22-17(21)12-5-7-13(8-6-12)18-16(20)15-10(2)9-14(19)23-11(15)3/h5-9H,4H2,1-3H3,(H,18,20). The molecule has 0 aliphatic heterocycles. The minimum absolute atomic E-state index is 0.260. The van der Waals surface area contributed by atoms with E-state index < -0.39 is 11.6 Å². The van der Waals surface area contributed by atoms with Gasteiger partial charge in [0.2, 0.25) is 0 Å². The van der Waals surface area contributed by atoms with E-state index in [1.165, 1.54) is 6.07 Å². The van der Waals surface area contributed by atoms with Crippen LogP contribution in [0.4, 0.5) is 5.69 Å². The van der Waals surface area contributed by atoms with Crippen LogP contribution >= 0.6 is 0 Å². The van der Waals surface area contributed by atoms with Gasteiger partial charge in [0.05, 0.1) is 17.7 Å². The van der Waals surface area contributed by atoms with Crippen LogP contribution in [0.1, 0.15) is 39.0 Å². The highest BCUT2D eigenvalue weighted by atomic mass is 16.5.